The van der Waals surface area contributed by atoms with Crippen molar-refractivity contribution in [2.75, 3.05) is 13.1 Å². The van der Waals surface area contributed by atoms with Gasteiger partial charge in [0.05, 0.1) is 110 Å². The maximum absolute atomic E-state index is 14.7. The maximum Gasteiger partial charge on any atom is 0.311 e. The normalized spacial score (nSPS) is 39.2. The summed E-state index contributed by atoms with van der Waals surface area (Å²) in [5, 5.41) is 98.5. The molecule has 8 heterocycles. The van der Waals surface area contributed by atoms with Gasteiger partial charge in [0.15, 0.2) is 25.2 Å². The minimum absolute atomic E-state index is 0.0216. The van der Waals surface area contributed by atoms with Crippen LogP contribution in [-0.4, -0.2) is 223 Å². The van der Waals surface area contributed by atoms with E-state index in [0.29, 0.717) is 37.2 Å². The van der Waals surface area contributed by atoms with Crippen molar-refractivity contribution in [2.24, 2.45) is 80.8 Å². The number of furan rings is 2. The smallest absolute Gasteiger partial charge is 0.311 e. The topological polar surface area (TPSA) is 407 Å². The SMILES string of the molecule is CC1CC(C)C(O)C(O[C@@H]2[C@@H](C)[C@H](OC3CC(C)(C)C(O)C(C)O3)[C@@H](C)C(=O)O[C@H](CCNC(=O)Cc3cccc(-c4ccco4)c3)[C@@](C)(O)[C@H](O)[C@@H](C)C(=O)[C@H](C)CC2(C)C)O1.CC1CC(C)C(O)C(O[C@@H]2[C@@H](C)[C@H](OC3CC(C)(C)C(O)C(C)O3)[C@@H](C)C(=O)O[C@H](CCNC(=O)Cc3ccccc3-c3ccco3)[C@@](C)(O)[C@H](O)[C@@H](C)C(=O)[C@H](C)CC2(C)C)O1. The van der Waals surface area contributed by atoms with Gasteiger partial charge in [0.1, 0.15) is 58.7 Å². The molecule has 0 aliphatic carbocycles. The molecule has 2 amide bonds. The summed E-state index contributed by atoms with van der Waals surface area (Å²) < 4.78 is 75.8. The third-order valence-corrected chi connectivity index (χ3v) is 28.1. The van der Waals surface area contributed by atoms with Crippen molar-refractivity contribution >= 4 is 35.3 Å². The van der Waals surface area contributed by atoms with Crippen LogP contribution in [0.15, 0.2) is 94.2 Å². The third kappa shape index (κ3) is 25.0. The van der Waals surface area contributed by atoms with Crippen molar-refractivity contribution in [3.8, 4) is 22.6 Å². The second-order valence-electron chi connectivity index (χ2n) is 41.2. The Kier molecular flexibility index (Phi) is 35.1. The minimum Gasteiger partial charge on any atom is -0.464 e. The average molecular weight is 1770 g/mol. The Morgan fingerprint density at radius 1 is 0.444 bits per heavy atom. The number of amides is 2. The summed E-state index contributed by atoms with van der Waals surface area (Å²) in [6.45, 7) is 43.2. The van der Waals surface area contributed by atoms with Gasteiger partial charge in [-0.3, -0.25) is 28.8 Å². The molecule has 708 valence electrons. The zero-order valence-corrected chi connectivity index (χ0v) is 78.8. The number of aliphatic hydroxyl groups is 8. The Balaban J connectivity index is 0.000000285. The van der Waals surface area contributed by atoms with Crippen LogP contribution in [0.5, 0.6) is 0 Å². The molecule has 126 heavy (non-hydrogen) atoms. The quantitative estimate of drug-likeness (QED) is 0.0367. The summed E-state index contributed by atoms with van der Waals surface area (Å²) in [4.78, 5) is 84.5. The Hall–Kier alpha value is -6.42. The molecule has 6 aliphatic heterocycles. The lowest BCUT2D eigenvalue weighted by molar-refractivity contribution is -0.306. The molecule has 2 aromatic heterocycles. The molecule has 6 fully saturated rings. The van der Waals surface area contributed by atoms with Gasteiger partial charge in [0, 0.05) is 85.4 Å². The van der Waals surface area contributed by atoms with Gasteiger partial charge in [-0.25, -0.2) is 0 Å². The van der Waals surface area contributed by atoms with Crippen LogP contribution >= 0.6 is 0 Å². The fourth-order valence-corrected chi connectivity index (χ4v) is 20.6. The number of hydrogen-bond donors (Lipinski definition) is 10. The molecule has 2 aromatic carbocycles. The van der Waals surface area contributed by atoms with E-state index in [4.69, 9.17) is 56.2 Å². The van der Waals surface area contributed by atoms with Gasteiger partial charge >= 0.3 is 11.9 Å². The molecule has 28 nitrogen and oxygen atoms in total. The number of rotatable bonds is 20. The van der Waals surface area contributed by atoms with Gasteiger partial charge in [-0.1, -0.05) is 153 Å². The summed E-state index contributed by atoms with van der Waals surface area (Å²) in [5.41, 5.74) is -4.04. The minimum atomic E-state index is -2.14. The Bertz CT molecular complexity index is 4180. The van der Waals surface area contributed by atoms with Crippen molar-refractivity contribution in [1.82, 2.24) is 10.6 Å². The number of Topliss-reactive ketones (excluding diaryl/α,β-unsaturated/α-hetero) is 2. The van der Waals surface area contributed by atoms with Gasteiger partial charge < -0.3 is 108 Å². The van der Waals surface area contributed by atoms with Crippen LogP contribution in [0.3, 0.4) is 0 Å². The van der Waals surface area contributed by atoms with E-state index in [1.165, 1.54) is 13.8 Å². The first-order valence-corrected chi connectivity index (χ1v) is 45.7. The molecular weight excluding hydrogens is 1620 g/mol. The van der Waals surface area contributed by atoms with E-state index in [1.54, 1.807) is 80.0 Å². The van der Waals surface area contributed by atoms with Crippen molar-refractivity contribution in [2.45, 2.75) is 364 Å². The number of benzene rings is 2. The molecule has 32 atom stereocenters. The number of hydrogen-bond acceptors (Lipinski definition) is 26. The van der Waals surface area contributed by atoms with E-state index in [-0.39, 0.29) is 99.0 Å². The predicted molar refractivity (Wildman–Crippen MR) is 469 cm³/mol. The van der Waals surface area contributed by atoms with E-state index in [0.717, 1.165) is 22.3 Å². The standard InChI is InChI=1S/2C49H75NO13/c1-26-21-28(3)59-46(40(26)53)63-44-30(5)41(62-38-25-47(8,9)43(55)32(7)60-38)31(6)45(56)61-36(49(12,57)42(54)29(4)39(52)27(2)24-48(44,10)11)18-19-50-37(51)23-33-15-13-16-34(22-33)35-17-14-20-58-35;1-26-22-28(3)59-46(40(26)53)63-44-30(5)41(62-38-25-47(8,9)43(55)32(7)60-38)31(6)45(56)61-36(49(12,57)42(54)29(4)39(52)27(2)24-48(44,10)11)19-20-50-37(51)23-33-16-13-14-17-34(33)35-18-15-21-58-35/h13-17,20,22,26-32,36,38,40-44,46,53-55,57H,18-19,21,23-25H2,1-12H3,(H,50,51);13-18,21,26-32,36,38,40-44,46,53-55,57H,19-20,22-25H2,1-12H3,(H,50,51)/t2*26?,27-,28?,29+,30+,31-,32?,36-,38?,40?,41+,42-,43?,44-,46?,49-/m11/s1. The van der Waals surface area contributed by atoms with Gasteiger partial charge in [0.2, 0.25) is 11.8 Å². The number of cyclic esters (lactones) is 2. The molecule has 0 radical (unpaired) electrons. The Morgan fingerprint density at radius 3 is 1.25 bits per heavy atom. The number of nitrogens with one attached hydrogen (secondary N) is 2. The summed E-state index contributed by atoms with van der Waals surface area (Å²) in [5.74, 6) is -8.49. The third-order valence-electron chi connectivity index (χ3n) is 28.1. The first kappa shape index (κ1) is 103. The number of aliphatic hydroxyl groups excluding tert-OH is 6. The highest BCUT2D eigenvalue weighted by Crippen LogP contribution is 2.48. The average Bonchev–Trinajstić information content (AvgIpc) is 0.920. The number of carbonyl (C=O) groups is 6. The first-order valence-electron chi connectivity index (χ1n) is 45.7. The summed E-state index contributed by atoms with van der Waals surface area (Å²) >= 11 is 0. The molecule has 6 aliphatic rings. The lowest BCUT2D eigenvalue weighted by Crippen LogP contribution is -2.58. The highest BCUT2D eigenvalue weighted by molar-refractivity contribution is 5.85. The molecule has 4 aromatic rings. The van der Waals surface area contributed by atoms with Crippen molar-refractivity contribution < 1.29 is 126 Å². The highest BCUT2D eigenvalue weighted by atomic mass is 16.7. The van der Waals surface area contributed by atoms with E-state index in [9.17, 15) is 69.6 Å². The Morgan fingerprint density at radius 2 is 0.849 bits per heavy atom. The maximum atomic E-state index is 14.7. The van der Waals surface area contributed by atoms with Crippen LogP contribution in [0.4, 0.5) is 0 Å². The van der Waals surface area contributed by atoms with E-state index < -0.39 is 203 Å². The van der Waals surface area contributed by atoms with Crippen molar-refractivity contribution in [3.05, 3.63) is 96.4 Å². The lowest BCUT2D eigenvalue weighted by atomic mass is 9.69. The summed E-state index contributed by atoms with van der Waals surface area (Å²) in [6, 6.07) is 22.0. The van der Waals surface area contributed by atoms with E-state index in [1.807, 2.05) is 158 Å². The van der Waals surface area contributed by atoms with Crippen LogP contribution in [0.2, 0.25) is 0 Å². The van der Waals surface area contributed by atoms with E-state index >= 15 is 0 Å². The first-order chi connectivity index (χ1) is 58.7. The van der Waals surface area contributed by atoms with Crippen LogP contribution < -0.4 is 10.6 Å². The Labute approximate surface area is 745 Å². The second-order valence-corrected chi connectivity index (χ2v) is 41.2. The fourth-order valence-electron chi connectivity index (χ4n) is 20.6. The molecule has 10 N–H and O–H groups in total. The largest absolute Gasteiger partial charge is 0.464 e. The van der Waals surface area contributed by atoms with Crippen LogP contribution in [0.1, 0.15) is 229 Å². The summed E-state index contributed by atoms with van der Waals surface area (Å²) in [6.07, 6.45) is -12.9. The molecule has 14 unspecified atom stereocenters. The molecule has 10 rings (SSSR count). The molecule has 28 heteroatoms. The number of ether oxygens (including phenoxy) is 10. The van der Waals surface area contributed by atoms with Gasteiger partial charge in [-0.2, -0.15) is 0 Å². The molecule has 0 saturated carbocycles. The van der Waals surface area contributed by atoms with Crippen LogP contribution in [0.25, 0.3) is 22.6 Å². The van der Waals surface area contributed by atoms with E-state index in [2.05, 4.69) is 10.6 Å². The van der Waals surface area contributed by atoms with Gasteiger partial charge in [-0.05, 0) is 156 Å². The monoisotopic (exact) mass is 1770 g/mol. The fraction of sp³-hybridized carbons (Fsp3) is 0.735. The van der Waals surface area contributed by atoms with Gasteiger partial charge in [0.25, 0.3) is 0 Å². The molecular formula is C98H150N2O26. The molecule has 0 bridgehead atoms. The van der Waals surface area contributed by atoms with Crippen molar-refractivity contribution in [1.29, 1.82) is 0 Å². The lowest BCUT2D eigenvalue weighted by Gasteiger charge is -2.49. The number of ketones is 2. The molecule has 6 saturated heterocycles. The zero-order valence-electron chi connectivity index (χ0n) is 78.8. The predicted octanol–water partition coefficient (Wildman–Crippen LogP) is 12.0. The second kappa shape index (κ2) is 42.9. The van der Waals surface area contributed by atoms with Crippen molar-refractivity contribution in [3.63, 3.8) is 0 Å². The summed E-state index contributed by atoms with van der Waals surface area (Å²) in [7, 11) is 0. The molecule has 0 spiro atoms. The number of esters is 2. The van der Waals surface area contributed by atoms with Gasteiger partial charge in [-0.15, -0.1) is 0 Å². The van der Waals surface area contributed by atoms with Crippen LogP contribution in [-0.2, 0) is 89.0 Å². The zero-order chi connectivity index (χ0) is 93.5. The number of carbonyl (C=O) groups excluding carboxylic acids is 6. The highest BCUT2D eigenvalue weighted by Gasteiger charge is 2.56. The van der Waals surface area contributed by atoms with Crippen LogP contribution in [0, 0.1) is 80.8 Å².